The largest absolute Gasteiger partial charge is 0.308 e. The van der Waals surface area contributed by atoms with Gasteiger partial charge in [0.15, 0.2) is 0 Å². The maximum absolute atomic E-state index is 2.48. The molecule has 0 fully saturated rings. The minimum Gasteiger partial charge on any atom is -0.308 e. The molecule has 0 amide bonds. The van der Waals surface area contributed by atoms with E-state index < -0.39 is 0 Å². The van der Waals surface area contributed by atoms with Crippen LogP contribution in [0.25, 0.3) is 60.9 Å². The van der Waals surface area contributed by atoms with Gasteiger partial charge in [-0.3, -0.25) is 0 Å². The zero-order valence-electron chi connectivity index (χ0n) is 21.3. The quantitative estimate of drug-likeness (QED) is 0.234. The van der Waals surface area contributed by atoms with E-state index in [1.165, 1.54) is 66.4 Å². The Hall–Kier alpha value is -4.88. The number of benzene rings is 6. The zero-order chi connectivity index (χ0) is 25.5. The molecule has 180 valence electrons. The van der Waals surface area contributed by atoms with Crippen molar-refractivity contribution in [1.29, 1.82) is 0 Å². The van der Waals surface area contributed by atoms with Gasteiger partial charge >= 0.3 is 0 Å². The van der Waals surface area contributed by atoms with Crippen molar-refractivity contribution in [2.45, 2.75) is 6.92 Å². The molecule has 0 atom stereocenters. The van der Waals surface area contributed by atoms with Gasteiger partial charge in [-0.15, -0.1) is 0 Å². The highest BCUT2D eigenvalue weighted by Crippen LogP contribution is 2.42. The number of fused-ring (bicyclic) bond motifs is 3. The molecule has 6 aromatic carbocycles. The number of rotatable bonds is 4. The molecule has 1 heterocycles. The molecule has 38 heavy (non-hydrogen) atoms. The van der Waals surface area contributed by atoms with Crippen LogP contribution in [0.3, 0.4) is 0 Å². The minimum absolute atomic E-state index is 1.21. The fraction of sp³-hybridized carbons (Fsp3) is 0.0270. The van der Waals surface area contributed by atoms with Crippen LogP contribution in [0.5, 0.6) is 0 Å². The Labute approximate surface area is 223 Å². The van der Waals surface area contributed by atoms with E-state index in [-0.39, 0.29) is 0 Å². The second-order valence-electron chi connectivity index (χ2n) is 9.89. The molecule has 7 aromatic rings. The molecule has 0 N–H and O–H groups in total. The van der Waals surface area contributed by atoms with E-state index in [0.717, 1.165) is 0 Å². The van der Waals surface area contributed by atoms with E-state index in [0.29, 0.717) is 0 Å². The van der Waals surface area contributed by atoms with Crippen LogP contribution in [0, 0.1) is 6.92 Å². The molecule has 0 aliphatic heterocycles. The van der Waals surface area contributed by atoms with Crippen LogP contribution >= 0.6 is 0 Å². The number of aryl methyl sites for hydroxylation is 1. The summed E-state index contributed by atoms with van der Waals surface area (Å²) in [5.41, 5.74) is 12.2. The standard InChI is InChI=1S/C37H27N/c1-26-20-22-35-33(24-26)34-25-30(27-12-5-2-6-13-27)21-23-36(34)38(35)37-31(28-14-7-3-8-15-28)18-11-19-32(37)29-16-9-4-10-17-29/h2-25H,1H3. The Bertz CT molecular complexity index is 1840. The van der Waals surface area contributed by atoms with E-state index in [4.69, 9.17) is 0 Å². The third-order valence-electron chi connectivity index (χ3n) is 7.46. The Balaban J connectivity index is 1.61. The maximum atomic E-state index is 2.48. The Morgan fingerprint density at radius 1 is 0.395 bits per heavy atom. The summed E-state index contributed by atoms with van der Waals surface area (Å²) >= 11 is 0. The van der Waals surface area contributed by atoms with Gasteiger partial charge in [-0.2, -0.15) is 0 Å². The van der Waals surface area contributed by atoms with Crippen LogP contribution in [-0.2, 0) is 0 Å². The number of para-hydroxylation sites is 1. The molecule has 0 radical (unpaired) electrons. The third-order valence-corrected chi connectivity index (χ3v) is 7.46. The molecule has 0 saturated heterocycles. The average Bonchev–Trinajstić information content (AvgIpc) is 3.30. The van der Waals surface area contributed by atoms with E-state index >= 15 is 0 Å². The Morgan fingerprint density at radius 2 is 0.895 bits per heavy atom. The van der Waals surface area contributed by atoms with Crippen LogP contribution in [0.15, 0.2) is 146 Å². The van der Waals surface area contributed by atoms with Gasteiger partial charge in [-0.1, -0.05) is 127 Å². The summed E-state index contributed by atoms with van der Waals surface area (Å²) in [7, 11) is 0. The summed E-state index contributed by atoms with van der Waals surface area (Å²) in [4.78, 5) is 0. The highest BCUT2D eigenvalue weighted by atomic mass is 15.0. The molecule has 0 spiro atoms. The smallest absolute Gasteiger partial charge is 0.0618 e. The van der Waals surface area contributed by atoms with E-state index in [1.807, 2.05) is 0 Å². The average molecular weight is 486 g/mol. The van der Waals surface area contributed by atoms with Crippen molar-refractivity contribution in [2.75, 3.05) is 0 Å². The molecule has 7 rings (SSSR count). The van der Waals surface area contributed by atoms with Gasteiger partial charge in [0.1, 0.15) is 0 Å². The number of aromatic nitrogens is 1. The molecule has 0 unspecified atom stereocenters. The molecular weight excluding hydrogens is 458 g/mol. The summed E-state index contributed by atoms with van der Waals surface area (Å²) in [6.45, 7) is 2.18. The van der Waals surface area contributed by atoms with Gasteiger partial charge in [0.05, 0.1) is 16.7 Å². The zero-order valence-corrected chi connectivity index (χ0v) is 21.3. The van der Waals surface area contributed by atoms with Crippen LogP contribution in [0.2, 0.25) is 0 Å². The molecule has 0 saturated carbocycles. The second kappa shape index (κ2) is 9.21. The first-order valence-corrected chi connectivity index (χ1v) is 13.1. The summed E-state index contributed by atoms with van der Waals surface area (Å²) in [6.07, 6.45) is 0. The van der Waals surface area contributed by atoms with Gasteiger partial charge in [0.2, 0.25) is 0 Å². The lowest BCUT2D eigenvalue weighted by molar-refractivity contribution is 1.18. The van der Waals surface area contributed by atoms with Crippen LogP contribution in [0.4, 0.5) is 0 Å². The van der Waals surface area contributed by atoms with Gasteiger partial charge in [-0.25, -0.2) is 0 Å². The lowest BCUT2D eigenvalue weighted by atomic mass is 9.95. The SMILES string of the molecule is Cc1ccc2c(c1)c1cc(-c3ccccc3)ccc1n2-c1c(-c2ccccc2)cccc1-c1ccccc1. The predicted molar refractivity (Wildman–Crippen MR) is 162 cm³/mol. The van der Waals surface area contributed by atoms with Crippen molar-refractivity contribution in [3.05, 3.63) is 151 Å². The molecule has 1 heteroatoms. The molecule has 0 aliphatic rings. The van der Waals surface area contributed by atoms with Gasteiger partial charge in [0.25, 0.3) is 0 Å². The van der Waals surface area contributed by atoms with Crippen LogP contribution in [0.1, 0.15) is 5.56 Å². The van der Waals surface area contributed by atoms with Crippen molar-refractivity contribution < 1.29 is 0 Å². The minimum atomic E-state index is 1.21. The first kappa shape index (κ1) is 22.3. The number of nitrogens with zero attached hydrogens (tertiary/aromatic N) is 1. The third kappa shape index (κ3) is 3.72. The van der Waals surface area contributed by atoms with Crippen LogP contribution in [-0.4, -0.2) is 4.57 Å². The van der Waals surface area contributed by atoms with E-state index in [2.05, 4.69) is 157 Å². The highest BCUT2D eigenvalue weighted by Gasteiger charge is 2.20. The van der Waals surface area contributed by atoms with E-state index in [1.54, 1.807) is 0 Å². The fourth-order valence-corrected chi connectivity index (χ4v) is 5.67. The monoisotopic (exact) mass is 485 g/mol. The lowest BCUT2D eigenvalue weighted by Gasteiger charge is -2.19. The van der Waals surface area contributed by atoms with Gasteiger partial charge < -0.3 is 4.57 Å². The molecule has 1 nitrogen and oxygen atoms in total. The maximum Gasteiger partial charge on any atom is 0.0618 e. The number of hydrogen-bond acceptors (Lipinski definition) is 0. The highest BCUT2D eigenvalue weighted by molar-refractivity contribution is 6.12. The normalized spacial score (nSPS) is 11.3. The summed E-state index contributed by atoms with van der Waals surface area (Å²) in [5.74, 6) is 0. The van der Waals surface area contributed by atoms with Crippen molar-refractivity contribution in [2.24, 2.45) is 0 Å². The Kier molecular flexibility index (Phi) is 5.41. The Morgan fingerprint density at radius 3 is 1.47 bits per heavy atom. The summed E-state index contributed by atoms with van der Waals surface area (Å²) < 4.78 is 2.48. The lowest BCUT2D eigenvalue weighted by Crippen LogP contribution is -2.00. The molecule has 0 aliphatic carbocycles. The molecule has 0 bridgehead atoms. The molecule has 1 aromatic heterocycles. The van der Waals surface area contributed by atoms with Crippen molar-refractivity contribution >= 4 is 21.8 Å². The van der Waals surface area contributed by atoms with E-state index in [9.17, 15) is 0 Å². The first-order valence-electron chi connectivity index (χ1n) is 13.1. The van der Waals surface area contributed by atoms with Gasteiger partial charge in [-0.05, 0) is 53.4 Å². The number of hydrogen-bond donors (Lipinski definition) is 0. The van der Waals surface area contributed by atoms with Crippen LogP contribution < -0.4 is 0 Å². The summed E-state index contributed by atoms with van der Waals surface area (Å²) in [5, 5.41) is 2.55. The fourth-order valence-electron chi connectivity index (χ4n) is 5.67. The predicted octanol–water partition coefficient (Wildman–Crippen LogP) is 10.1. The first-order chi connectivity index (χ1) is 18.8. The van der Waals surface area contributed by atoms with Crippen molar-refractivity contribution in [1.82, 2.24) is 4.57 Å². The summed E-state index contributed by atoms with van der Waals surface area (Å²) in [6, 6.07) is 52.6. The second-order valence-corrected chi connectivity index (χ2v) is 9.89. The van der Waals surface area contributed by atoms with Gasteiger partial charge in [0, 0.05) is 21.9 Å². The van der Waals surface area contributed by atoms with Crippen molar-refractivity contribution in [3.8, 4) is 39.1 Å². The van der Waals surface area contributed by atoms with Crippen molar-refractivity contribution in [3.63, 3.8) is 0 Å². The molecular formula is C37H27N. The topological polar surface area (TPSA) is 4.93 Å².